The Hall–Kier alpha value is -2.87. The lowest BCUT2D eigenvalue weighted by atomic mass is 9.97. The van der Waals surface area contributed by atoms with Crippen LogP contribution >= 0.6 is 0 Å². The molecule has 8 heteroatoms. The normalized spacial score (nSPS) is 20.4. The summed E-state index contributed by atoms with van der Waals surface area (Å²) in [7, 11) is 0. The number of pyridine rings is 1. The van der Waals surface area contributed by atoms with Crippen molar-refractivity contribution < 1.29 is 14.3 Å². The lowest BCUT2D eigenvalue weighted by Crippen LogP contribution is -2.22. The van der Waals surface area contributed by atoms with Crippen molar-refractivity contribution in [2.45, 2.75) is 65.8 Å². The van der Waals surface area contributed by atoms with Crippen LogP contribution in [-0.2, 0) is 0 Å². The van der Waals surface area contributed by atoms with Crippen LogP contribution < -0.4 is 15.4 Å². The van der Waals surface area contributed by atoms with Gasteiger partial charge in [-0.25, -0.2) is 9.97 Å². The molecule has 3 aromatic heterocycles. The summed E-state index contributed by atoms with van der Waals surface area (Å²) in [5, 5.41) is 17.6. The van der Waals surface area contributed by atoms with Crippen molar-refractivity contribution in [1.29, 1.82) is 0 Å². The van der Waals surface area contributed by atoms with E-state index in [1.807, 2.05) is 19.1 Å². The number of nitrogens with zero attached hydrogens (tertiary/aromatic N) is 3. The summed E-state index contributed by atoms with van der Waals surface area (Å²) < 4.78 is 12.1. The summed E-state index contributed by atoms with van der Waals surface area (Å²) in [4.78, 5) is 14.1. The lowest BCUT2D eigenvalue weighted by Gasteiger charge is -2.21. The van der Waals surface area contributed by atoms with E-state index < -0.39 is 0 Å². The summed E-state index contributed by atoms with van der Waals surface area (Å²) in [5.41, 5.74) is 2.51. The zero-order valence-corrected chi connectivity index (χ0v) is 21.2. The van der Waals surface area contributed by atoms with Crippen molar-refractivity contribution in [2.24, 2.45) is 17.3 Å². The van der Waals surface area contributed by atoms with E-state index in [1.165, 1.54) is 12.8 Å². The second-order valence-electron chi connectivity index (χ2n) is 11.4. The summed E-state index contributed by atoms with van der Waals surface area (Å²) in [5.74, 6) is 3.71. The van der Waals surface area contributed by atoms with E-state index in [0.717, 1.165) is 54.9 Å². The highest BCUT2D eigenvalue weighted by Crippen LogP contribution is 2.37. The molecule has 2 saturated carbocycles. The Morgan fingerprint density at radius 3 is 2.63 bits per heavy atom. The minimum absolute atomic E-state index is 0.106. The Bertz CT molecular complexity index is 1180. The van der Waals surface area contributed by atoms with Gasteiger partial charge in [0.2, 0.25) is 11.8 Å². The molecule has 0 spiro atoms. The summed E-state index contributed by atoms with van der Waals surface area (Å²) in [6.07, 6.45) is 7.16. The zero-order chi connectivity index (χ0) is 24.6. The molecule has 2 aliphatic carbocycles. The molecule has 2 atom stereocenters. The number of hydrogen-bond donors (Lipinski definition) is 3. The van der Waals surface area contributed by atoms with Gasteiger partial charge in [-0.05, 0) is 62.3 Å². The van der Waals surface area contributed by atoms with E-state index in [-0.39, 0.29) is 18.1 Å². The molecular weight excluding hydrogens is 442 g/mol. The fourth-order valence-electron chi connectivity index (χ4n) is 4.58. The van der Waals surface area contributed by atoms with Gasteiger partial charge in [-0.15, -0.1) is 0 Å². The van der Waals surface area contributed by atoms with Crippen LogP contribution in [0.2, 0.25) is 0 Å². The molecule has 3 heterocycles. The van der Waals surface area contributed by atoms with Crippen LogP contribution in [0, 0.1) is 24.2 Å². The van der Waals surface area contributed by atoms with Crippen LogP contribution in [0.5, 0.6) is 5.88 Å². The third kappa shape index (κ3) is 5.86. The first-order valence-electron chi connectivity index (χ1n) is 12.8. The highest BCUT2D eigenvalue weighted by atomic mass is 16.5. The number of aliphatic hydroxyl groups excluding tert-OH is 1. The molecule has 3 N–H and O–H groups in total. The van der Waals surface area contributed by atoms with E-state index in [1.54, 1.807) is 6.20 Å². The van der Waals surface area contributed by atoms with Gasteiger partial charge in [-0.1, -0.05) is 20.8 Å². The maximum Gasteiger partial charge on any atom is 0.224 e. The largest absolute Gasteiger partial charge is 0.477 e. The molecule has 0 amide bonds. The predicted octanol–water partition coefficient (Wildman–Crippen LogP) is 5.41. The van der Waals surface area contributed by atoms with Gasteiger partial charge in [-0.3, -0.25) is 0 Å². The number of aliphatic hydroxyl groups is 1. The SMILES string of the molecule is Cc1nc(NCC(C)(C)C)nc(N[C@H]2CC[C@@H](CO)C2)c1-c1cc2cc(OCC3CC3)ncc2o1. The molecule has 0 bridgehead atoms. The highest BCUT2D eigenvalue weighted by Gasteiger charge is 2.27. The number of nitrogens with one attached hydrogen (secondary N) is 2. The van der Waals surface area contributed by atoms with E-state index in [0.29, 0.717) is 35.0 Å². The first-order chi connectivity index (χ1) is 16.8. The molecule has 0 saturated heterocycles. The molecule has 3 aromatic rings. The van der Waals surface area contributed by atoms with Crippen LogP contribution in [0.15, 0.2) is 22.7 Å². The molecular formula is C27H37N5O3. The molecule has 0 radical (unpaired) electrons. The van der Waals surface area contributed by atoms with Crippen LogP contribution in [-0.4, -0.2) is 45.9 Å². The number of ether oxygens (including phenoxy) is 1. The molecule has 35 heavy (non-hydrogen) atoms. The summed E-state index contributed by atoms with van der Waals surface area (Å²) in [6, 6.07) is 4.21. The molecule has 188 valence electrons. The minimum Gasteiger partial charge on any atom is -0.477 e. The zero-order valence-electron chi connectivity index (χ0n) is 21.2. The molecule has 0 aromatic carbocycles. The van der Waals surface area contributed by atoms with Gasteiger partial charge in [-0.2, -0.15) is 4.98 Å². The molecule has 8 nitrogen and oxygen atoms in total. The summed E-state index contributed by atoms with van der Waals surface area (Å²) >= 11 is 0. The Morgan fingerprint density at radius 1 is 1.11 bits per heavy atom. The predicted molar refractivity (Wildman–Crippen MR) is 138 cm³/mol. The number of aromatic nitrogens is 3. The fourth-order valence-corrected chi connectivity index (χ4v) is 4.58. The van der Waals surface area contributed by atoms with Crippen LogP contribution in [0.3, 0.4) is 0 Å². The van der Waals surface area contributed by atoms with Crippen molar-refractivity contribution in [2.75, 3.05) is 30.4 Å². The van der Waals surface area contributed by atoms with Gasteiger partial charge in [0.25, 0.3) is 0 Å². The van der Waals surface area contributed by atoms with Crippen molar-refractivity contribution in [3.63, 3.8) is 0 Å². The third-order valence-electron chi connectivity index (χ3n) is 6.80. The Morgan fingerprint density at radius 2 is 1.91 bits per heavy atom. The fraction of sp³-hybridized carbons (Fsp3) is 0.593. The van der Waals surface area contributed by atoms with Gasteiger partial charge < -0.3 is 24.9 Å². The topological polar surface area (TPSA) is 105 Å². The first kappa shape index (κ1) is 23.9. The Labute approximate surface area is 206 Å². The molecule has 2 fully saturated rings. The third-order valence-corrected chi connectivity index (χ3v) is 6.80. The molecule has 5 rings (SSSR count). The Kier molecular flexibility index (Phi) is 6.57. The van der Waals surface area contributed by atoms with Crippen LogP contribution in [0.4, 0.5) is 11.8 Å². The second kappa shape index (κ2) is 9.64. The quantitative estimate of drug-likeness (QED) is 0.374. The van der Waals surface area contributed by atoms with E-state index in [4.69, 9.17) is 19.1 Å². The average molecular weight is 480 g/mol. The van der Waals surface area contributed by atoms with E-state index in [9.17, 15) is 5.11 Å². The van der Waals surface area contributed by atoms with Gasteiger partial charge in [0.15, 0.2) is 5.58 Å². The Balaban J connectivity index is 1.46. The molecule has 0 aliphatic heterocycles. The first-order valence-corrected chi connectivity index (χ1v) is 12.8. The molecule has 2 aliphatic rings. The number of anilines is 2. The number of furan rings is 1. The van der Waals surface area contributed by atoms with Crippen LogP contribution in [0.25, 0.3) is 22.3 Å². The monoisotopic (exact) mass is 479 g/mol. The van der Waals surface area contributed by atoms with Crippen molar-refractivity contribution in [3.05, 3.63) is 24.0 Å². The van der Waals surface area contributed by atoms with Crippen molar-refractivity contribution in [1.82, 2.24) is 15.0 Å². The van der Waals surface area contributed by atoms with Gasteiger partial charge in [0.1, 0.15) is 11.6 Å². The number of hydrogen-bond acceptors (Lipinski definition) is 8. The number of fused-ring (bicyclic) bond motifs is 1. The standard InChI is InChI=1S/C27H37N5O3/c1-16-24(21-10-19-11-23(28-12-22(19)35-21)34-14-17-5-6-17)25(31-20-8-7-18(9-20)13-33)32-26(30-16)29-15-27(2,3)4/h10-12,17-18,20,33H,5-9,13-15H2,1-4H3,(H2,29,30,31,32)/t18-,20+/m1/s1. The minimum atomic E-state index is 0.106. The number of aryl methyl sites for hydroxylation is 1. The van der Waals surface area contributed by atoms with Crippen molar-refractivity contribution >= 4 is 22.7 Å². The van der Waals surface area contributed by atoms with Crippen molar-refractivity contribution in [3.8, 4) is 17.2 Å². The van der Waals surface area contributed by atoms with Gasteiger partial charge in [0.05, 0.1) is 24.1 Å². The van der Waals surface area contributed by atoms with Crippen LogP contribution in [0.1, 0.15) is 58.6 Å². The van der Waals surface area contributed by atoms with Gasteiger partial charge in [0, 0.05) is 30.6 Å². The number of rotatable bonds is 9. The summed E-state index contributed by atoms with van der Waals surface area (Å²) in [6.45, 7) is 10.3. The van der Waals surface area contributed by atoms with Gasteiger partial charge >= 0.3 is 0 Å². The maximum absolute atomic E-state index is 9.60. The van der Waals surface area contributed by atoms with E-state index in [2.05, 4.69) is 36.4 Å². The lowest BCUT2D eigenvalue weighted by molar-refractivity contribution is 0.229. The maximum atomic E-state index is 9.60. The average Bonchev–Trinajstić information content (AvgIpc) is 3.37. The smallest absolute Gasteiger partial charge is 0.224 e. The van der Waals surface area contributed by atoms with E-state index >= 15 is 0 Å². The second-order valence-corrected chi connectivity index (χ2v) is 11.4. The highest BCUT2D eigenvalue weighted by molar-refractivity contribution is 5.86. The molecule has 0 unspecified atom stereocenters.